The highest BCUT2D eigenvalue weighted by Crippen LogP contribution is 2.27. The van der Waals surface area contributed by atoms with E-state index in [2.05, 4.69) is 72.5 Å². The topological polar surface area (TPSA) is 103 Å². The summed E-state index contributed by atoms with van der Waals surface area (Å²) in [5, 5.41) is 12.0. The first-order valence-corrected chi connectivity index (χ1v) is 16.9. The Morgan fingerprint density at radius 1 is 1.20 bits per heavy atom. The zero-order valence-electron chi connectivity index (χ0n) is 28.1. The normalized spacial score (nSPS) is 19.9. The van der Waals surface area contributed by atoms with E-state index in [0.717, 1.165) is 102 Å². The molecule has 2 saturated heterocycles. The van der Waals surface area contributed by atoms with Crippen molar-refractivity contribution in [2.24, 2.45) is 11.8 Å². The summed E-state index contributed by atoms with van der Waals surface area (Å²) in [6, 6.07) is 0.0701. The number of hydrogen-bond donors (Lipinski definition) is 2. The van der Waals surface area contributed by atoms with Crippen molar-refractivity contribution in [2.75, 3.05) is 78.5 Å². The van der Waals surface area contributed by atoms with E-state index in [1.165, 1.54) is 18.5 Å². The Morgan fingerprint density at radius 3 is 2.68 bits per heavy atom. The Hall–Kier alpha value is -2.76. The van der Waals surface area contributed by atoms with E-state index >= 15 is 0 Å². The van der Waals surface area contributed by atoms with E-state index < -0.39 is 0 Å². The van der Waals surface area contributed by atoms with Crippen LogP contribution >= 0.6 is 0 Å². The molecule has 4 heterocycles. The van der Waals surface area contributed by atoms with Crippen LogP contribution in [-0.2, 0) is 16.0 Å². The Morgan fingerprint density at radius 2 is 2.00 bits per heavy atom. The maximum Gasteiger partial charge on any atom is 0.252 e. The van der Waals surface area contributed by atoms with Crippen molar-refractivity contribution >= 4 is 17.5 Å². The number of amides is 1. The third-order valence-electron chi connectivity index (χ3n) is 9.04. The Bertz CT molecular complexity index is 1210. The first-order valence-electron chi connectivity index (χ1n) is 16.9. The molecule has 2 aliphatic heterocycles. The Labute approximate surface area is 264 Å². The number of aromatic nitrogens is 4. The SMILES string of the molecule is CC/C=C(/CN(C)C)NC(CCCC(C)CC)c1cn2nc(CC3CCCNC3=O)c(N3CCN(CCOC)CC3)nc2n1. The minimum Gasteiger partial charge on any atom is -0.383 e. The maximum absolute atomic E-state index is 12.8. The van der Waals surface area contributed by atoms with Gasteiger partial charge >= 0.3 is 0 Å². The monoisotopic (exact) mass is 611 g/mol. The van der Waals surface area contributed by atoms with E-state index in [1.54, 1.807) is 7.11 Å². The summed E-state index contributed by atoms with van der Waals surface area (Å²) in [4.78, 5) is 30.0. The van der Waals surface area contributed by atoms with Crippen LogP contribution in [0.15, 0.2) is 18.0 Å². The first kappa shape index (κ1) is 34.1. The second-order valence-corrected chi connectivity index (χ2v) is 13.0. The Kier molecular flexibility index (Phi) is 13.2. The van der Waals surface area contributed by atoms with Gasteiger partial charge in [-0.25, -0.2) is 9.50 Å². The van der Waals surface area contributed by atoms with Crippen LogP contribution in [0.4, 0.5) is 5.82 Å². The number of imidazole rings is 1. The highest BCUT2D eigenvalue weighted by Gasteiger charge is 2.28. The number of carbonyl (C=O) groups is 1. The van der Waals surface area contributed by atoms with Crippen molar-refractivity contribution in [2.45, 2.75) is 78.2 Å². The number of ether oxygens (including phenoxy) is 1. The van der Waals surface area contributed by atoms with E-state index in [4.69, 9.17) is 19.8 Å². The molecule has 0 spiro atoms. The molecule has 2 aliphatic rings. The molecule has 0 aliphatic carbocycles. The molecule has 11 heteroatoms. The number of piperidine rings is 1. The predicted molar refractivity (Wildman–Crippen MR) is 177 cm³/mol. The van der Waals surface area contributed by atoms with Crippen LogP contribution in [0, 0.1) is 11.8 Å². The number of methoxy groups -OCH3 is 1. The second-order valence-electron chi connectivity index (χ2n) is 13.0. The molecule has 2 fully saturated rings. The summed E-state index contributed by atoms with van der Waals surface area (Å²) in [5.41, 5.74) is 3.08. The van der Waals surface area contributed by atoms with Crippen molar-refractivity contribution < 1.29 is 9.53 Å². The van der Waals surface area contributed by atoms with Crippen molar-refractivity contribution in [1.82, 2.24) is 40.0 Å². The largest absolute Gasteiger partial charge is 0.383 e. The van der Waals surface area contributed by atoms with Crippen LogP contribution in [0.2, 0.25) is 0 Å². The van der Waals surface area contributed by atoms with E-state index in [0.29, 0.717) is 18.1 Å². The predicted octanol–water partition coefficient (Wildman–Crippen LogP) is 3.66. The standard InChI is InChI=1S/C33H57N9O2/c1-7-11-27(23-39(4)5)35-28(14-9-12-25(3)8-2)30-24-42-33(36-30)37-31(41-18-16-40(17-19-41)20-21-44-6)29(38-42)22-26-13-10-15-34-32(26)43/h11,24-26,28,35H,7-10,12-23H2,1-6H3,(H,34,43)/b27-11-. The molecule has 0 radical (unpaired) electrons. The minimum absolute atomic E-state index is 0.0701. The molecule has 246 valence electrons. The van der Waals surface area contributed by atoms with Gasteiger partial charge in [0.25, 0.3) is 5.78 Å². The average molecular weight is 612 g/mol. The highest BCUT2D eigenvalue weighted by molar-refractivity contribution is 5.79. The van der Waals surface area contributed by atoms with E-state index in [-0.39, 0.29) is 17.9 Å². The molecule has 3 atom stereocenters. The van der Waals surface area contributed by atoms with Crippen molar-refractivity contribution in [3.05, 3.63) is 29.4 Å². The van der Waals surface area contributed by atoms with E-state index in [9.17, 15) is 4.79 Å². The van der Waals surface area contributed by atoms with Crippen LogP contribution in [-0.4, -0.2) is 109 Å². The van der Waals surface area contributed by atoms with Crippen molar-refractivity contribution in [3.8, 4) is 0 Å². The van der Waals surface area contributed by atoms with Gasteiger partial charge < -0.3 is 25.2 Å². The first-order chi connectivity index (χ1) is 21.3. The molecule has 2 aromatic rings. The van der Waals surface area contributed by atoms with Crippen LogP contribution in [0.5, 0.6) is 0 Å². The Balaban J connectivity index is 1.65. The van der Waals surface area contributed by atoms with Crippen LogP contribution in [0.3, 0.4) is 0 Å². The number of hydrogen-bond acceptors (Lipinski definition) is 9. The summed E-state index contributed by atoms with van der Waals surface area (Å²) in [6.07, 6.45) is 12.3. The smallest absolute Gasteiger partial charge is 0.252 e. The molecule has 4 rings (SSSR count). The fourth-order valence-electron chi connectivity index (χ4n) is 6.23. The summed E-state index contributed by atoms with van der Waals surface area (Å²) < 4.78 is 7.15. The highest BCUT2D eigenvalue weighted by atomic mass is 16.5. The number of allylic oxidation sites excluding steroid dienone is 1. The quantitative estimate of drug-likeness (QED) is 0.277. The van der Waals surface area contributed by atoms with Gasteiger partial charge in [-0.15, -0.1) is 0 Å². The molecular weight excluding hydrogens is 554 g/mol. The van der Waals surface area contributed by atoms with Gasteiger partial charge in [-0.05, 0) is 45.7 Å². The summed E-state index contributed by atoms with van der Waals surface area (Å²) in [5.74, 6) is 2.25. The van der Waals surface area contributed by atoms with Gasteiger partial charge in [0.15, 0.2) is 5.82 Å². The molecule has 0 saturated carbocycles. The number of carbonyl (C=O) groups excluding carboxylic acids is 1. The van der Waals surface area contributed by atoms with Gasteiger partial charge in [-0.2, -0.15) is 10.1 Å². The number of piperazine rings is 1. The fourth-order valence-corrected chi connectivity index (χ4v) is 6.23. The van der Waals surface area contributed by atoms with E-state index in [1.807, 2.05) is 4.52 Å². The third kappa shape index (κ3) is 9.62. The number of likely N-dealkylation sites (N-methyl/N-ethyl adjacent to an activating group) is 1. The number of fused-ring (bicyclic) bond motifs is 1. The fraction of sp³-hybridized carbons (Fsp3) is 0.758. The molecule has 11 nitrogen and oxygen atoms in total. The molecule has 2 aromatic heterocycles. The maximum atomic E-state index is 12.8. The lowest BCUT2D eigenvalue weighted by Gasteiger charge is -2.36. The third-order valence-corrected chi connectivity index (χ3v) is 9.04. The van der Waals surface area contributed by atoms with Crippen LogP contribution < -0.4 is 15.5 Å². The number of rotatable bonds is 17. The number of nitrogens with zero attached hydrogens (tertiary/aromatic N) is 7. The lowest BCUT2D eigenvalue weighted by atomic mass is 9.93. The summed E-state index contributed by atoms with van der Waals surface area (Å²) >= 11 is 0. The molecule has 3 unspecified atom stereocenters. The molecule has 0 bridgehead atoms. The van der Waals surface area contributed by atoms with Gasteiger partial charge in [0.1, 0.15) is 5.69 Å². The molecular formula is C33H57N9O2. The number of anilines is 1. The van der Waals surface area contributed by atoms with Gasteiger partial charge in [0.2, 0.25) is 5.91 Å². The van der Waals surface area contributed by atoms with Gasteiger partial charge in [0, 0.05) is 71.0 Å². The summed E-state index contributed by atoms with van der Waals surface area (Å²) in [6.45, 7) is 13.7. The minimum atomic E-state index is -0.0806. The van der Waals surface area contributed by atoms with Gasteiger partial charge in [-0.1, -0.05) is 46.1 Å². The van der Waals surface area contributed by atoms with Crippen LogP contribution in [0.25, 0.3) is 5.78 Å². The van der Waals surface area contributed by atoms with Gasteiger partial charge in [-0.3, -0.25) is 9.69 Å². The van der Waals surface area contributed by atoms with Crippen molar-refractivity contribution in [3.63, 3.8) is 0 Å². The van der Waals surface area contributed by atoms with Crippen molar-refractivity contribution in [1.29, 1.82) is 0 Å². The molecule has 0 aromatic carbocycles. The molecule has 2 N–H and O–H groups in total. The second kappa shape index (κ2) is 17.1. The zero-order valence-corrected chi connectivity index (χ0v) is 28.1. The molecule has 44 heavy (non-hydrogen) atoms. The zero-order chi connectivity index (χ0) is 31.5. The lowest BCUT2D eigenvalue weighted by molar-refractivity contribution is -0.126. The summed E-state index contributed by atoms with van der Waals surface area (Å²) in [7, 11) is 5.96. The van der Waals surface area contributed by atoms with Crippen LogP contribution in [0.1, 0.15) is 83.1 Å². The number of nitrogens with one attached hydrogen (secondary N) is 2. The lowest BCUT2D eigenvalue weighted by Crippen LogP contribution is -2.48. The average Bonchev–Trinajstić information content (AvgIpc) is 3.43. The molecule has 1 amide bonds. The van der Waals surface area contributed by atoms with Gasteiger partial charge in [0.05, 0.1) is 24.5 Å².